The summed E-state index contributed by atoms with van der Waals surface area (Å²) >= 11 is 5.61. The van der Waals surface area contributed by atoms with Crippen molar-refractivity contribution in [3.05, 3.63) is 22.7 Å². The van der Waals surface area contributed by atoms with Gasteiger partial charge in [0.05, 0.1) is 0 Å². The third kappa shape index (κ3) is 3.32. The van der Waals surface area contributed by atoms with Crippen LogP contribution < -0.4 is 11.1 Å². The summed E-state index contributed by atoms with van der Waals surface area (Å²) in [6.45, 7) is 1.05. The monoisotopic (exact) mass is 300 g/mol. The molecule has 4 heteroatoms. The Hall–Kier alpha value is -0.350. The molecule has 88 valence electrons. The molecule has 1 heterocycles. The molecule has 0 saturated carbocycles. The molecule has 0 amide bonds. The van der Waals surface area contributed by atoms with Crippen LogP contribution in [0.4, 0.5) is 11.4 Å². The van der Waals surface area contributed by atoms with E-state index < -0.39 is 0 Å². The minimum Gasteiger partial charge on any atom is -0.399 e. The Kier molecular flexibility index (Phi) is 4.41. The van der Waals surface area contributed by atoms with Gasteiger partial charge in [-0.2, -0.15) is 11.8 Å². The van der Waals surface area contributed by atoms with Crippen molar-refractivity contribution in [2.75, 3.05) is 23.3 Å². The lowest BCUT2D eigenvalue weighted by Gasteiger charge is -2.22. The van der Waals surface area contributed by atoms with E-state index in [4.69, 9.17) is 5.73 Å². The predicted molar refractivity (Wildman–Crippen MR) is 77.1 cm³/mol. The number of nitrogens with two attached hydrogens (primary N) is 1. The fourth-order valence-electron chi connectivity index (χ4n) is 1.87. The molecule has 0 bridgehead atoms. The van der Waals surface area contributed by atoms with Gasteiger partial charge in [-0.1, -0.05) is 6.42 Å². The van der Waals surface area contributed by atoms with Crippen molar-refractivity contribution in [1.29, 1.82) is 0 Å². The Balaban J connectivity index is 1.88. The van der Waals surface area contributed by atoms with E-state index in [2.05, 4.69) is 33.0 Å². The Morgan fingerprint density at radius 1 is 1.44 bits per heavy atom. The summed E-state index contributed by atoms with van der Waals surface area (Å²) in [6, 6.07) is 5.91. The molecule has 1 aliphatic heterocycles. The van der Waals surface area contributed by atoms with E-state index in [1.54, 1.807) is 0 Å². The molecule has 0 spiro atoms. The lowest BCUT2D eigenvalue weighted by Crippen LogP contribution is -2.20. The van der Waals surface area contributed by atoms with Crippen LogP contribution in [0.2, 0.25) is 0 Å². The quantitative estimate of drug-likeness (QED) is 0.836. The number of hydrogen-bond acceptors (Lipinski definition) is 3. The van der Waals surface area contributed by atoms with E-state index in [1.807, 2.05) is 18.2 Å². The molecule has 1 aromatic carbocycles. The standard InChI is InChI=1S/C12H17BrN2S/c13-11-7-9(14)4-5-12(11)15-8-10-3-1-2-6-16-10/h4-5,7,10,15H,1-3,6,8,14H2. The van der Waals surface area contributed by atoms with E-state index in [9.17, 15) is 0 Å². The highest BCUT2D eigenvalue weighted by Gasteiger charge is 2.13. The largest absolute Gasteiger partial charge is 0.399 e. The van der Waals surface area contributed by atoms with Crippen LogP contribution in [0.25, 0.3) is 0 Å². The van der Waals surface area contributed by atoms with Crippen LogP contribution >= 0.6 is 27.7 Å². The molecule has 0 radical (unpaired) electrons. The fourth-order valence-corrected chi connectivity index (χ4v) is 3.64. The number of anilines is 2. The first kappa shape index (κ1) is 12.1. The third-order valence-electron chi connectivity index (χ3n) is 2.79. The van der Waals surface area contributed by atoms with Crippen LogP contribution in [0.5, 0.6) is 0 Å². The Labute approximate surface area is 109 Å². The molecule has 2 nitrogen and oxygen atoms in total. The van der Waals surface area contributed by atoms with E-state index in [1.165, 1.54) is 25.0 Å². The molecule has 1 atom stereocenters. The summed E-state index contributed by atoms with van der Waals surface area (Å²) in [4.78, 5) is 0. The maximum Gasteiger partial charge on any atom is 0.0486 e. The first-order valence-electron chi connectivity index (χ1n) is 5.66. The zero-order valence-electron chi connectivity index (χ0n) is 9.21. The molecule has 0 aromatic heterocycles. The average molecular weight is 301 g/mol. The van der Waals surface area contributed by atoms with Gasteiger partial charge in [0.1, 0.15) is 0 Å². The fraction of sp³-hybridized carbons (Fsp3) is 0.500. The van der Waals surface area contributed by atoms with Crippen LogP contribution in [0.15, 0.2) is 22.7 Å². The minimum absolute atomic E-state index is 0.762. The van der Waals surface area contributed by atoms with Crippen molar-refractivity contribution < 1.29 is 0 Å². The molecular weight excluding hydrogens is 284 g/mol. The van der Waals surface area contributed by atoms with Gasteiger partial charge in [0.15, 0.2) is 0 Å². The number of hydrogen-bond donors (Lipinski definition) is 2. The summed E-state index contributed by atoms with van der Waals surface area (Å²) in [5.41, 5.74) is 7.64. The third-order valence-corrected chi connectivity index (χ3v) is 4.84. The van der Waals surface area contributed by atoms with Gasteiger partial charge in [0, 0.05) is 27.6 Å². The first-order chi connectivity index (χ1) is 7.75. The van der Waals surface area contributed by atoms with Crippen LogP contribution in [0.1, 0.15) is 19.3 Å². The number of nitrogens with one attached hydrogen (secondary N) is 1. The molecule has 3 N–H and O–H groups in total. The number of nitrogen functional groups attached to an aromatic ring is 1. The van der Waals surface area contributed by atoms with Gasteiger partial charge >= 0.3 is 0 Å². The van der Waals surface area contributed by atoms with E-state index in [0.717, 1.165) is 27.6 Å². The predicted octanol–water partition coefficient (Wildman–Crippen LogP) is 3.73. The molecule has 2 rings (SSSR count). The Morgan fingerprint density at radius 2 is 2.31 bits per heavy atom. The van der Waals surface area contributed by atoms with Gasteiger partial charge in [-0.05, 0) is 52.7 Å². The summed E-state index contributed by atoms with van der Waals surface area (Å²) in [7, 11) is 0. The SMILES string of the molecule is Nc1ccc(NCC2CCCCS2)c(Br)c1. The topological polar surface area (TPSA) is 38.0 Å². The number of rotatable bonds is 3. The normalized spacial score (nSPS) is 20.7. The molecule has 0 aliphatic carbocycles. The summed E-state index contributed by atoms with van der Waals surface area (Å²) < 4.78 is 1.05. The van der Waals surface area contributed by atoms with Gasteiger partial charge in [0.25, 0.3) is 0 Å². The lowest BCUT2D eigenvalue weighted by atomic mass is 10.2. The zero-order valence-corrected chi connectivity index (χ0v) is 11.6. The van der Waals surface area contributed by atoms with Gasteiger partial charge in [-0.3, -0.25) is 0 Å². The van der Waals surface area contributed by atoms with Crippen LogP contribution in [0.3, 0.4) is 0 Å². The van der Waals surface area contributed by atoms with Crippen molar-refractivity contribution >= 4 is 39.1 Å². The summed E-state index contributed by atoms with van der Waals surface area (Å²) in [5, 5.41) is 4.25. The first-order valence-corrected chi connectivity index (χ1v) is 7.50. The van der Waals surface area contributed by atoms with Crippen LogP contribution in [-0.4, -0.2) is 17.5 Å². The maximum absolute atomic E-state index is 5.70. The molecule has 1 aliphatic rings. The molecule has 1 unspecified atom stereocenters. The average Bonchev–Trinajstić information content (AvgIpc) is 2.29. The second kappa shape index (κ2) is 5.82. The second-order valence-electron chi connectivity index (χ2n) is 4.11. The van der Waals surface area contributed by atoms with Crippen molar-refractivity contribution in [3.63, 3.8) is 0 Å². The van der Waals surface area contributed by atoms with Crippen molar-refractivity contribution in [2.24, 2.45) is 0 Å². The molecule has 16 heavy (non-hydrogen) atoms. The molecule has 1 fully saturated rings. The van der Waals surface area contributed by atoms with Crippen molar-refractivity contribution in [3.8, 4) is 0 Å². The Morgan fingerprint density at radius 3 is 3.00 bits per heavy atom. The summed E-state index contributed by atoms with van der Waals surface area (Å²) in [6.07, 6.45) is 4.10. The smallest absolute Gasteiger partial charge is 0.0486 e. The van der Waals surface area contributed by atoms with Crippen molar-refractivity contribution in [1.82, 2.24) is 0 Å². The summed E-state index contributed by atoms with van der Waals surface area (Å²) in [5.74, 6) is 1.31. The van der Waals surface area contributed by atoms with E-state index in [0.29, 0.717) is 0 Å². The molecular formula is C12H17BrN2S. The zero-order chi connectivity index (χ0) is 11.4. The van der Waals surface area contributed by atoms with Gasteiger partial charge in [-0.25, -0.2) is 0 Å². The molecule has 1 saturated heterocycles. The lowest BCUT2D eigenvalue weighted by molar-refractivity contribution is 0.677. The van der Waals surface area contributed by atoms with Gasteiger partial charge < -0.3 is 11.1 Å². The van der Waals surface area contributed by atoms with E-state index in [-0.39, 0.29) is 0 Å². The van der Waals surface area contributed by atoms with Crippen molar-refractivity contribution in [2.45, 2.75) is 24.5 Å². The van der Waals surface area contributed by atoms with E-state index >= 15 is 0 Å². The maximum atomic E-state index is 5.70. The van der Waals surface area contributed by atoms with Gasteiger partial charge in [0.2, 0.25) is 0 Å². The number of halogens is 1. The minimum atomic E-state index is 0.762. The van der Waals surface area contributed by atoms with Gasteiger partial charge in [-0.15, -0.1) is 0 Å². The highest BCUT2D eigenvalue weighted by molar-refractivity contribution is 9.10. The number of thioether (sulfide) groups is 1. The highest BCUT2D eigenvalue weighted by Crippen LogP contribution is 2.28. The molecule has 1 aromatic rings. The second-order valence-corrected chi connectivity index (χ2v) is 6.37. The van der Waals surface area contributed by atoms with Crippen LogP contribution in [0, 0.1) is 0 Å². The number of benzene rings is 1. The van der Waals surface area contributed by atoms with Crippen LogP contribution in [-0.2, 0) is 0 Å². The highest BCUT2D eigenvalue weighted by atomic mass is 79.9. The Bertz CT molecular complexity index is 351.